The maximum Gasteiger partial charge on any atom is 0.241 e. The topological polar surface area (TPSA) is 72.9 Å². The van der Waals surface area contributed by atoms with Crippen molar-refractivity contribution in [1.29, 1.82) is 0 Å². The minimum atomic E-state index is 0.645. The Morgan fingerprint density at radius 2 is 2.22 bits per heavy atom. The van der Waals surface area contributed by atoms with E-state index in [-0.39, 0.29) is 0 Å². The summed E-state index contributed by atoms with van der Waals surface area (Å²) < 4.78 is 7.68. The van der Waals surface area contributed by atoms with Crippen LogP contribution in [0.15, 0.2) is 21.3 Å². The van der Waals surface area contributed by atoms with Crippen molar-refractivity contribution in [1.82, 2.24) is 29.8 Å². The second kappa shape index (κ2) is 5.24. The molecule has 0 N–H and O–H groups in total. The van der Waals surface area contributed by atoms with Crippen LogP contribution >= 0.6 is 11.3 Å². The summed E-state index contributed by atoms with van der Waals surface area (Å²) in [4.78, 5) is 6.77. The first-order chi connectivity index (χ1) is 11.4. The van der Waals surface area contributed by atoms with Crippen LogP contribution in [0.25, 0.3) is 11.4 Å². The predicted molar refractivity (Wildman–Crippen MR) is 83.7 cm³/mol. The zero-order chi connectivity index (χ0) is 15.2. The number of hydrogen-bond donors (Lipinski definition) is 0. The molecule has 8 heteroatoms. The van der Waals surface area contributed by atoms with Crippen LogP contribution in [0.2, 0.25) is 0 Å². The van der Waals surface area contributed by atoms with Crippen molar-refractivity contribution in [2.24, 2.45) is 0 Å². The van der Waals surface area contributed by atoms with Gasteiger partial charge in [0.05, 0.1) is 13.1 Å². The maximum absolute atomic E-state index is 5.39. The van der Waals surface area contributed by atoms with Crippen LogP contribution in [0.5, 0.6) is 0 Å². The van der Waals surface area contributed by atoms with Crippen LogP contribution < -0.4 is 0 Å². The molecule has 1 aliphatic heterocycles. The van der Waals surface area contributed by atoms with Crippen LogP contribution in [0, 0.1) is 0 Å². The van der Waals surface area contributed by atoms with E-state index >= 15 is 0 Å². The van der Waals surface area contributed by atoms with E-state index in [2.05, 4.69) is 29.8 Å². The lowest BCUT2D eigenvalue weighted by Gasteiger charge is -2.26. The number of thiophene rings is 1. The van der Waals surface area contributed by atoms with Crippen LogP contribution in [-0.4, -0.2) is 36.3 Å². The lowest BCUT2D eigenvalue weighted by molar-refractivity contribution is 0.182. The number of hydrogen-bond acceptors (Lipinski definition) is 7. The van der Waals surface area contributed by atoms with Gasteiger partial charge in [-0.1, -0.05) is 5.16 Å². The molecular weight excluding hydrogens is 312 g/mol. The molecule has 1 saturated carbocycles. The van der Waals surface area contributed by atoms with Gasteiger partial charge in [-0.3, -0.25) is 4.90 Å². The summed E-state index contributed by atoms with van der Waals surface area (Å²) in [5.74, 6) is 4.19. The zero-order valence-corrected chi connectivity index (χ0v) is 13.4. The fraction of sp³-hybridized carbons (Fsp3) is 0.467. The van der Waals surface area contributed by atoms with Gasteiger partial charge in [0.25, 0.3) is 0 Å². The van der Waals surface area contributed by atoms with Gasteiger partial charge in [-0.15, -0.1) is 10.2 Å². The molecule has 0 atom stereocenters. The molecular formula is C15H16N6OS. The normalized spacial score (nSPS) is 18.3. The van der Waals surface area contributed by atoms with Gasteiger partial charge in [0.2, 0.25) is 11.7 Å². The second-order valence-electron chi connectivity index (χ2n) is 6.13. The molecule has 4 heterocycles. The summed E-state index contributed by atoms with van der Waals surface area (Å²) in [6, 6.07) is 2.00. The standard InChI is InChI=1S/C15H16N6OS/c1-2-10(1)15-18-17-12-7-20(4-5-21(12)15)8-13-16-14(19-22-13)11-3-6-23-9-11/h3,6,9-10H,1-2,4-5,7-8H2. The first-order valence-electron chi connectivity index (χ1n) is 7.86. The third-order valence-electron chi connectivity index (χ3n) is 4.41. The number of fused-ring (bicyclic) bond motifs is 1. The summed E-state index contributed by atoms with van der Waals surface area (Å²) >= 11 is 1.63. The molecule has 0 bridgehead atoms. The van der Waals surface area contributed by atoms with E-state index in [9.17, 15) is 0 Å². The van der Waals surface area contributed by atoms with Crippen molar-refractivity contribution in [3.63, 3.8) is 0 Å². The maximum atomic E-state index is 5.39. The van der Waals surface area contributed by atoms with E-state index in [1.54, 1.807) is 11.3 Å². The number of rotatable bonds is 4. The molecule has 3 aromatic heterocycles. The van der Waals surface area contributed by atoms with Gasteiger partial charge < -0.3 is 9.09 Å². The lowest BCUT2D eigenvalue weighted by Crippen LogP contribution is -2.34. The predicted octanol–water partition coefficient (Wildman–Crippen LogP) is 2.28. The average Bonchev–Trinajstić information content (AvgIpc) is 2.99. The highest BCUT2D eigenvalue weighted by Crippen LogP contribution is 2.39. The van der Waals surface area contributed by atoms with Gasteiger partial charge in [-0.05, 0) is 24.3 Å². The summed E-state index contributed by atoms with van der Waals surface area (Å²) in [6.07, 6.45) is 2.52. The molecule has 3 aromatic rings. The number of nitrogens with zero attached hydrogens (tertiary/aromatic N) is 6. The number of aromatic nitrogens is 5. The van der Waals surface area contributed by atoms with Crippen molar-refractivity contribution >= 4 is 11.3 Å². The van der Waals surface area contributed by atoms with Gasteiger partial charge in [0.15, 0.2) is 0 Å². The van der Waals surface area contributed by atoms with Gasteiger partial charge in [0, 0.05) is 30.0 Å². The van der Waals surface area contributed by atoms with Crippen LogP contribution in [-0.2, 0) is 19.6 Å². The van der Waals surface area contributed by atoms with Crippen molar-refractivity contribution in [3.05, 3.63) is 34.4 Å². The van der Waals surface area contributed by atoms with Gasteiger partial charge >= 0.3 is 0 Å². The third kappa shape index (κ3) is 2.47. The largest absolute Gasteiger partial charge is 0.338 e. The highest BCUT2D eigenvalue weighted by molar-refractivity contribution is 7.08. The first-order valence-corrected chi connectivity index (χ1v) is 8.80. The van der Waals surface area contributed by atoms with Crippen LogP contribution in [0.1, 0.15) is 36.3 Å². The Bertz CT molecular complexity index is 819. The molecule has 0 saturated heterocycles. The molecule has 0 spiro atoms. The average molecular weight is 328 g/mol. The highest BCUT2D eigenvalue weighted by atomic mass is 32.1. The minimum absolute atomic E-state index is 0.645. The Morgan fingerprint density at radius 1 is 1.26 bits per heavy atom. The van der Waals surface area contributed by atoms with E-state index in [4.69, 9.17) is 4.52 Å². The van der Waals surface area contributed by atoms with Crippen molar-refractivity contribution in [2.45, 2.75) is 38.4 Å². The van der Waals surface area contributed by atoms with E-state index in [0.29, 0.717) is 24.2 Å². The minimum Gasteiger partial charge on any atom is -0.338 e. The zero-order valence-electron chi connectivity index (χ0n) is 12.6. The Hall–Kier alpha value is -2.06. The Kier molecular flexibility index (Phi) is 3.05. The second-order valence-corrected chi connectivity index (χ2v) is 6.91. The summed E-state index contributed by atoms with van der Waals surface area (Å²) in [6.45, 7) is 3.35. The Morgan fingerprint density at radius 3 is 3.04 bits per heavy atom. The van der Waals surface area contributed by atoms with Gasteiger partial charge in [-0.2, -0.15) is 16.3 Å². The SMILES string of the molecule is c1cc(-c2noc(CN3CCn4c(nnc4C4CC4)C3)n2)cs1. The van der Waals surface area contributed by atoms with Crippen molar-refractivity contribution in [3.8, 4) is 11.4 Å². The molecule has 0 aromatic carbocycles. The monoisotopic (exact) mass is 328 g/mol. The van der Waals surface area contributed by atoms with Crippen molar-refractivity contribution in [2.75, 3.05) is 6.54 Å². The van der Waals surface area contributed by atoms with Crippen LogP contribution in [0.4, 0.5) is 0 Å². The molecule has 0 radical (unpaired) electrons. The molecule has 2 aliphatic rings. The smallest absolute Gasteiger partial charge is 0.241 e. The molecule has 1 aliphatic carbocycles. The molecule has 0 unspecified atom stereocenters. The lowest BCUT2D eigenvalue weighted by atomic mass is 10.3. The molecule has 118 valence electrons. The fourth-order valence-electron chi connectivity index (χ4n) is 3.03. The summed E-state index contributed by atoms with van der Waals surface area (Å²) in [5, 5.41) is 16.8. The van der Waals surface area contributed by atoms with E-state index in [1.807, 2.05) is 16.8 Å². The fourth-order valence-corrected chi connectivity index (χ4v) is 3.66. The quantitative estimate of drug-likeness (QED) is 0.731. The van der Waals surface area contributed by atoms with Crippen molar-refractivity contribution < 1.29 is 4.52 Å². The van der Waals surface area contributed by atoms with Gasteiger partial charge in [0.1, 0.15) is 11.6 Å². The molecule has 0 amide bonds. The van der Waals surface area contributed by atoms with E-state index < -0.39 is 0 Å². The molecule has 23 heavy (non-hydrogen) atoms. The first kappa shape index (κ1) is 13.4. The Labute approximate surface area is 137 Å². The Balaban J connectivity index is 1.30. The van der Waals surface area contributed by atoms with Crippen LogP contribution in [0.3, 0.4) is 0 Å². The molecule has 7 nitrogen and oxygen atoms in total. The summed E-state index contributed by atoms with van der Waals surface area (Å²) in [7, 11) is 0. The van der Waals surface area contributed by atoms with E-state index in [0.717, 1.165) is 31.0 Å². The third-order valence-corrected chi connectivity index (χ3v) is 5.09. The van der Waals surface area contributed by atoms with E-state index in [1.165, 1.54) is 18.7 Å². The summed E-state index contributed by atoms with van der Waals surface area (Å²) in [5.41, 5.74) is 1.01. The molecule has 1 fully saturated rings. The van der Waals surface area contributed by atoms with Gasteiger partial charge in [-0.25, -0.2) is 0 Å². The highest BCUT2D eigenvalue weighted by Gasteiger charge is 2.32. The molecule has 5 rings (SSSR count).